The second kappa shape index (κ2) is 8.17. The van der Waals surface area contributed by atoms with E-state index in [2.05, 4.69) is 22.5 Å². The number of amides is 1. The number of pyridine rings is 1. The SMILES string of the molecule is CCCNc1nc(N(C)CCC(=O)NC)c(Cl)cc1Cl. The molecule has 0 saturated carbocycles. The smallest absolute Gasteiger partial charge is 0.221 e. The van der Waals surface area contributed by atoms with E-state index in [9.17, 15) is 4.79 Å². The molecule has 1 heterocycles. The maximum Gasteiger partial charge on any atom is 0.221 e. The lowest BCUT2D eigenvalue weighted by Crippen LogP contribution is -2.27. The van der Waals surface area contributed by atoms with Crippen LogP contribution in [-0.2, 0) is 4.79 Å². The third-order valence-corrected chi connectivity index (χ3v) is 3.33. The van der Waals surface area contributed by atoms with Crippen LogP contribution >= 0.6 is 23.2 Å². The van der Waals surface area contributed by atoms with Crippen molar-refractivity contribution in [2.75, 3.05) is 37.4 Å². The number of hydrogen-bond acceptors (Lipinski definition) is 4. The molecule has 0 spiro atoms. The van der Waals surface area contributed by atoms with E-state index >= 15 is 0 Å². The highest BCUT2D eigenvalue weighted by atomic mass is 35.5. The first kappa shape index (κ1) is 16.9. The number of hydrogen-bond donors (Lipinski definition) is 2. The van der Waals surface area contributed by atoms with Gasteiger partial charge in [-0.05, 0) is 12.5 Å². The van der Waals surface area contributed by atoms with Crippen LogP contribution in [0, 0.1) is 0 Å². The van der Waals surface area contributed by atoms with Gasteiger partial charge in [-0.2, -0.15) is 0 Å². The van der Waals surface area contributed by atoms with Crippen LogP contribution in [0.25, 0.3) is 0 Å². The molecule has 0 aliphatic heterocycles. The fraction of sp³-hybridized carbons (Fsp3) is 0.538. The van der Waals surface area contributed by atoms with Gasteiger partial charge in [0.15, 0.2) is 0 Å². The highest BCUT2D eigenvalue weighted by molar-refractivity contribution is 6.37. The second-order valence-corrected chi connectivity index (χ2v) is 5.21. The van der Waals surface area contributed by atoms with Gasteiger partial charge in [-0.15, -0.1) is 0 Å². The summed E-state index contributed by atoms with van der Waals surface area (Å²) >= 11 is 12.3. The van der Waals surface area contributed by atoms with Gasteiger partial charge in [0.05, 0.1) is 10.0 Å². The molecule has 0 bridgehead atoms. The van der Waals surface area contributed by atoms with Crippen molar-refractivity contribution in [1.82, 2.24) is 10.3 Å². The number of anilines is 2. The summed E-state index contributed by atoms with van der Waals surface area (Å²) in [5, 5.41) is 6.70. The fourth-order valence-electron chi connectivity index (χ4n) is 1.59. The molecule has 0 aromatic carbocycles. The average molecular weight is 319 g/mol. The van der Waals surface area contributed by atoms with Crippen LogP contribution in [-0.4, -0.2) is 38.1 Å². The van der Waals surface area contributed by atoms with Gasteiger partial charge in [0, 0.05) is 33.6 Å². The first-order valence-corrected chi connectivity index (χ1v) is 7.26. The zero-order chi connectivity index (χ0) is 15.1. The van der Waals surface area contributed by atoms with Gasteiger partial charge in [0.25, 0.3) is 0 Å². The molecule has 1 rings (SSSR count). The molecule has 7 heteroatoms. The monoisotopic (exact) mass is 318 g/mol. The zero-order valence-corrected chi connectivity index (χ0v) is 13.5. The molecule has 0 aliphatic carbocycles. The maximum atomic E-state index is 11.3. The van der Waals surface area contributed by atoms with Crippen LogP contribution in [0.5, 0.6) is 0 Å². The summed E-state index contributed by atoms with van der Waals surface area (Å²) < 4.78 is 0. The Kier molecular flexibility index (Phi) is 6.88. The Hall–Kier alpha value is -1.20. The van der Waals surface area contributed by atoms with Gasteiger partial charge in [0.1, 0.15) is 11.6 Å². The number of aromatic nitrogens is 1. The number of carbonyl (C=O) groups excluding carboxylic acids is 1. The molecule has 0 atom stereocenters. The highest BCUT2D eigenvalue weighted by Gasteiger charge is 2.13. The first-order chi connectivity index (χ1) is 9.49. The quantitative estimate of drug-likeness (QED) is 0.811. The van der Waals surface area contributed by atoms with Crippen LogP contribution in [0.2, 0.25) is 10.0 Å². The standard InChI is InChI=1S/C13H20Cl2N4O/c1-4-6-17-12-9(14)8-10(15)13(18-12)19(3)7-5-11(20)16-2/h8H,4-7H2,1-3H3,(H,16,20)(H,17,18). The largest absolute Gasteiger partial charge is 0.369 e. The summed E-state index contributed by atoms with van der Waals surface area (Å²) in [6, 6.07) is 1.67. The Balaban J connectivity index is 2.84. The summed E-state index contributed by atoms with van der Waals surface area (Å²) in [6.07, 6.45) is 1.35. The minimum atomic E-state index is -0.0220. The topological polar surface area (TPSA) is 57.3 Å². The predicted octanol–water partition coefficient (Wildman–Crippen LogP) is 2.78. The van der Waals surface area contributed by atoms with Crippen molar-refractivity contribution in [3.8, 4) is 0 Å². The number of rotatable bonds is 7. The van der Waals surface area contributed by atoms with E-state index in [-0.39, 0.29) is 5.91 Å². The number of halogens is 2. The van der Waals surface area contributed by atoms with Crippen LogP contribution in [0.4, 0.5) is 11.6 Å². The van der Waals surface area contributed by atoms with Crippen LogP contribution in [0.3, 0.4) is 0 Å². The fourth-order valence-corrected chi connectivity index (χ4v) is 2.16. The molecule has 112 valence electrons. The molecule has 20 heavy (non-hydrogen) atoms. The molecule has 0 aliphatic rings. The average Bonchev–Trinajstić information content (AvgIpc) is 2.43. The van der Waals surface area contributed by atoms with E-state index < -0.39 is 0 Å². The molecular formula is C13H20Cl2N4O. The lowest BCUT2D eigenvalue weighted by atomic mass is 10.3. The summed E-state index contributed by atoms with van der Waals surface area (Å²) in [4.78, 5) is 17.5. The number of nitrogens with zero attached hydrogens (tertiary/aromatic N) is 2. The van der Waals surface area contributed by atoms with Gasteiger partial charge >= 0.3 is 0 Å². The van der Waals surface area contributed by atoms with E-state index in [1.807, 2.05) is 11.9 Å². The summed E-state index contributed by atoms with van der Waals surface area (Å²) in [7, 11) is 3.46. The van der Waals surface area contributed by atoms with E-state index in [0.29, 0.717) is 34.6 Å². The van der Waals surface area contributed by atoms with E-state index in [0.717, 1.165) is 13.0 Å². The Morgan fingerprint density at radius 2 is 2.10 bits per heavy atom. The van der Waals surface area contributed by atoms with Gasteiger partial charge in [-0.25, -0.2) is 4.98 Å². The van der Waals surface area contributed by atoms with E-state index in [4.69, 9.17) is 23.2 Å². The van der Waals surface area contributed by atoms with Gasteiger partial charge < -0.3 is 15.5 Å². The van der Waals surface area contributed by atoms with Crippen molar-refractivity contribution in [3.05, 3.63) is 16.1 Å². The minimum absolute atomic E-state index is 0.0220. The van der Waals surface area contributed by atoms with Crippen molar-refractivity contribution in [2.45, 2.75) is 19.8 Å². The van der Waals surface area contributed by atoms with Gasteiger partial charge in [0.2, 0.25) is 5.91 Å². The Morgan fingerprint density at radius 3 is 2.70 bits per heavy atom. The van der Waals surface area contributed by atoms with Crippen molar-refractivity contribution in [2.24, 2.45) is 0 Å². The van der Waals surface area contributed by atoms with Gasteiger partial charge in [-0.3, -0.25) is 4.79 Å². The predicted molar refractivity (Wildman–Crippen MR) is 85.0 cm³/mol. The molecule has 0 unspecified atom stereocenters. The van der Waals surface area contributed by atoms with Crippen molar-refractivity contribution in [3.63, 3.8) is 0 Å². The van der Waals surface area contributed by atoms with Crippen LogP contribution < -0.4 is 15.5 Å². The van der Waals surface area contributed by atoms with Crippen molar-refractivity contribution >= 4 is 40.7 Å². The van der Waals surface area contributed by atoms with Crippen molar-refractivity contribution < 1.29 is 4.79 Å². The number of nitrogens with one attached hydrogen (secondary N) is 2. The molecule has 1 aromatic heterocycles. The second-order valence-electron chi connectivity index (χ2n) is 4.40. The molecule has 0 fully saturated rings. The van der Waals surface area contributed by atoms with E-state index in [1.165, 1.54) is 0 Å². The summed E-state index contributed by atoms with van der Waals surface area (Å²) in [5.41, 5.74) is 0. The normalized spacial score (nSPS) is 10.2. The molecule has 2 N–H and O–H groups in total. The van der Waals surface area contributed by atoms with Crippen LogP contribution in [0.1, 0.15) is 19.8 Å². The molecular weight excluding hydrogens is 299 g/mol. The van der Waals surface area contributed by atoms with Gasteiger partial charge in [-0.1, -0.05) is 30.1 Å². The van der Waals surface area contributed by atoms with Crippen molar-refractivity contribution in [1.29, 1.82) is 0 Å². The summed E-state index contributed by atoms with van der Waals surface area (Å²) in [6.45, 7) is 3.38. The molecule has 0 radical (unpaired) electrons. The Bertz CT molecular complexity index is 468. The third kappa shape index (κ3) is 4.72. The van der Waals surface area contributed by atoms with Crippen LogP contribution in [0.15, 0.2) is 6.07 Å². The maximum absolute atomic E-state index is 11.3. The third-order valence-electron chi connectivity index (χ3n) is 2.77. The minimum Gasteiger partial charge on any atom is -0.369 e. The highest BCUT2D eigenvalue weighted by Crippen LogP contribution is 2.31. The Morgan fingerprint density at radius 1 is 1.40 bits per heavy atom. The molecule has 1 amide bonds. The van der Waals surface area contributed by atoms with E-state index in [1.54, 1.807) is 13.1 Å². The molecule has 5 nitrogen and oxygen atoms in total. The first-order valence-electron chi connectivity index (χ1n) is 6.51. The zero-order valence-electron chi connectivity index (χ0n) is 12.0. The number of carbonyl (C=O) groups is 1. The molecule has 1 aromatic rings. The molecule has 0 saturated heterocycles. The lowest BCUT2D eigenvalue weighted by Gasteiger charge is -2.20. The summed E-state index contributed by atoms with van der Waals surface area (Å²) in [5.74, 6) is 1.20. The lowest BCUT2D eigenvalue weighted by molar-refractivity contribution is -0.120. The Labute approximate surface area is 129 Å².